The quantitative estimate of drug-likeness (QED) is 0.630. The topological polar surface area (TPSA) is 78.6 Å². The standard InChI is InChI=1S/C13H27N3O2/c1-3-4-7-13(14,12(17)18)11-5-8-16(9-6-11)10-15-2/h11,15H,3-10,14H2,1-2H3,(H,17,18). The number of nitrogens with one attached hydrogen (secondary N) is 1. The summed E-state index contributed by atoms with van der Waals surface area (Å²) in [6.45, 7) is 4.80. The van der Waals surface area contributed by atoms with Gasteiger partial charge in [-0.15, -0.1) is 0 Å². The fourth-order valence-corrected chi connectivity index (χ4v) is 2.78. The summed E-state index contributed by atoms with van der Waals surface area (Å²) in [4.78, 5) is 13.8. The van der Waals surface area contributed by atoms with Crippen molar-refractivity contribution in [3.05, 3.63) is 0 Å². The van der Waals surface area contributed by atoms with Crippen molar-refractivity contribution in [1.82, 2.24) is 10.2 Å². The summed E-state index contributed by atoms with van der Waals surface area (Å²) >= 11 is 0. The molecule has 1 heterocycles. The van der Waals surface area contributed by atoms with E-state index in [4.69, 9.17) is 5.73 Å². The van der Waals surface area contributed by atoms with Crippen molar-refractivity contribution >= 4 is 5.97 Å². The van der Waals surface area contributed by atoms with E-state index in [1.165, 1.54) is 0 Å². The second kappa shape index (κ2) is 7.07. The summed E-state index contributed by atoms with van der Waals surface area (Å²) in [6.07, 6.45) is 4.24. The minimum absolute atomic E-state index is 0.106. The number of carboxylic acid groups (broad SMARTS) is 1. The van der Waals surface area contributed by atoms with Crippen molar-refractivity contribution in [3.8, 4) is 0 Å². The minimum Gasteiger partial charge on any atom is -0.480 e. The lowest BCUT2D eigenvalue weighted by atomic mass is 9.75. The zero-order valence-electron chi connectivity index (χ0n) is 11.6. The van der Waals surface area contributed by atoms with Gasteiger partial charge < -0.3 is 16.2 Å². The Morgan fingerprint density at radius 3 is 2.56 bits per heavy atom. The molecule has 106 valence electrons. The Morgan fingerprint density at radius 1 is 1.50 bits per heavy atom. The number of aliphatic carboxylic acids is 1. The minimum atomic E-state index is -1.03. The third-order valence-electron chi connectivity index (χ3n) is 4.04. The van der Waals surface area contributed by atoms with Crippen LogP contribution in [-0.2, 0) is 4.79 Å². The first-order valence-electron chi connectivity index (χ1n) is 6.93. The van der Waals surface area contributed by atoms with Gasteiger partial charge in [0.15, 0.2) is 0 Å². The van der Waals surface area contributed by atoms with E-state index in [-0.39, 0.29) is 5.92 Å². The lowest BCUT2D eigenvalue weighted by Gasteiger charge is -2.40. The van der Waals surface area contributed by atoms with E-state index in [0.29, 0.717) is 6.42 Å². The number of rotatable bonds is 7. The normalized spacial score (nSPS) is 21.7. The average molecular weight is 257 g/mol. The number of unbranched alkanes of at least 4 members (excludes halogenated alkanes) is 1. The highest BCUT2D eigenvalue weighted by molar-refractivity contribution is 5.79. The van der Waals surface area contributed by atoms with E-state index < -0.39 is 11.5 Å². The molecular formula is C13H27N3O2. The summed E-state index contributed by atoms with van der Waals surface area (Å²) < 4.78 is 0. The number of hydrogen-bond acceptors (Lipinski definition) is 4. The molecule has 5 nitrogen and oxygen atoms in total. The molecule has 1 saturated heterocycles. The van der Waals surface area contributed by atoms with Crippen LogP contribution in [0, 0.1) is 5.92 Å². The number of piperidine rings is 1. The Labute approximate surface area is 110 Å². The first-order chi connectivity index (χ1) is 8.54. The van der Waals surface area contributed by atoms with Gasteiger partial charge in [-0.3, -0.25) is 9.69 Å². The third kappa shape index (κ3) is 3.67. The van der Waals surface area contributed by atoms with Crippen LogP contribution in [0.4, 0.5) is 0 Å². The summed E-state index contributed by atoms with van der Waals surface area (Å²) in [5.41, 5.74) is 5.16. The molecule has 1 fully saturated rings. The van der Waals surface area contributed by atoms with Crippen LogP contribution in [0.1, 0.15) is 39.0 Å². The maximum Gasteiger partial charge on any atom is 0.323 e. The molecule has 5 heteroatoms. The van der Waals surface area contributed by atoms with E-state index in [2.05, 4.69) is 17.1 Å². The summed E-state index contributed by atoms with van der Waals surface area (Å²) in [5.74, 6) is -0.724. The molecule has 0 aliphatic carbocycles. The summed E-state index contributed by atoms with van der Waals surface area (Å²) in [6, 6.07) is 0. The Morgan fingerprint density at radius 2 is 2.11 bits per heavy atom. The molecule has 0 saturated carbocycles. The fourth-order valence-electron chi connectivity index (χ4n) is 2.78. The van der Waals surface area contributed by atoms with Gasteiger partial charge in [0.25, 0.3) is 0 Å². The van der Waals surface area contributed by atoms with E-state index in [1.54, 1.807) is 0 Å². The van der Waals surface area contributed by atoms with Crippen molar-refractivity contribution in [2.45, 2.75) is 44.6 Å². The predicted molar refractivity (Wildman–Crippen MR) is 72.3 cm³/mol. The summed E-state index contributed by atoms with van der Waals surface area (Å²) in [5, 5.41) is 12.6. The highest BCUT2D eigenvalue weighted by Gasteiger charge is 2.42. The molecule has 1 rings (SSSR count). The molecule has 0 aromatic rings. The van der Waals surface area contributed by atoms with Gasteiger partial charge in [-0.25, -0.2) is 0 Å². The van der Waals surface area contributed by atoms with Crippen LogP contribution < -0.4 is 11.1 Å². The Bertz CT molecular complexity index is 265. The largest absolute Gasteiger partial charge is 0.480 e. The second-order valence-corrected chi connectivity index (χ2v) is 5.35. The van der Waals surface area contributed by atoms with Crippen LogP contribution in [0.25, 0.3) is 0 Å². The maximum atomic E-state index is 11.5. The average Bonchev–Trinajstić information content (AvgIpc) is 2.37. The van der Waals surface area contributed by atoms with Gasteiger partial charge in [-0.1, -0.05) is 19.8 Å². The van der Waals surface area contributed by atoms with Gasteiger partial charge in [0.05, 0.1) is 0 Å². The molecule has 1 aliphatic heterocycles. The molecule has 0 radical (unpaired) electrons. The van der Waals surface area contributed by atoms with Crippen molar-refractivity contribution in [1.29, 1.82) is 0 Å². The van der Waals surface area contributed by atoms with Crippen LogP contribution in [0.5, 0.6) is 0 Å². The lowest BCUT2D eigenvalue weighted by molar-refractivity contribution is -0.147. The Kier molecular flexibility index (Phi) is 6.05. The maximum absolute atomic E-state index is 11.5. The lowest BCUT2D eigenvalue weighted by Crippen LogP contribution is -2.57. The Balaban J connectivity index is 2.58. The first-order valence-corrected chi connectivity index (χ1v) is 6.93. The number of carbonyl (C=O) groups is 1. The third-order valence-corrected chi connectivity index (χ3v) is 4.04. The molecule has 1 atom stereocenters. The van der Waals surface area contributed by atoms with Crippen LogP contribution in [0.3, 0.4) is 0 Å². The SMILES string of the molecule is CCCCC(N)(C(=O)O)C1CCN(CNC)CC1. The number of nitrogens with two attached hydrogens (primary N) is 1. The first kappa shape index (κ1) is 15.4. The van der Waals surface area contributed by atoms with Gasteiger partial charge >= 0.3 is 5.97 Å². The predicted octanol–water partition coefficient (Wildman–Crippen LogP) is 0.848. The van der Waals surface area contributed by atoms with E-state index in [0.717, 1.165) is 45.4 Å². The van der Waals surface area contributed by atoms with E-state index in [1.807, 2.05) is 7.05 Å². The molecule has 1 aliphatic rings. The van der Waals surface area contributed by atoms with E-state index in [9.17, 15) is 9.90 Å². The summed E-state index contributed by atoms with van der Waals surface area (Å²) in [7, 11) is 1.93. The molecule has 18 heavy (non-hydrogen) atoms. The van der Waals surface area contributed by atoms with Crippen LogP contribution in [-0.4, -0.2) is 48.3 Å². The zero-order chi connectivity index (χ0) is 13.6. The highest BCUT2D eigenvalue weighted by Crippen LogP contribution is 2.30. The molecule has 1 unspecified atom stereocenters. The van der Waals surface area contributed by atoms with Crippen molar-refractivity contribution < 1.29 is 9.90 Å². The molecule has 0 aromatic carbocycles. The molecule has 0 bridgehead atoms. The second-order valence-electron chi connectivity index (χ2n) is 5.35. The molecule has 0 spiro atoms. The molecule has 0 aromatic heterocycles. The monoisotopic (exact) mass is 257 g/mol. The fraction of sp³-hybridized carbons (Fsp3) is 0.923. The van der Waals surface area contributed by atoms with Gasteiger partial charge in [0.1, 0.15) is 5.54 Å². The van der Waals surface area contributed by atoms with Gasteiger partial charge in [0, 0.05) is 6.67 Å². The van der Waals surface area contributed by atoms with Gasteiger partial charge in [0.2, 0.25) is 0 Å². The van der Waals surface area contributed by atoms with Crippen LogP contribution in [0.15, 0.2) is 0 Å². The van der Waals surface area contributed by atoms with Crippen molar-refractivity contribution in [2.75, 3.05) is 26.8 Å². The van der Waals surface area contributed by atoms with E-state index >= 15 is 0 Å². The number of hydrogen-bond donors (Lipinski definition) is 3. The van der Waals surface area contributed by atoms with Gasteiger partial charge in [-0.05, 0) is 45.3 Å². The van der Waals surface area contributed by atoms with Crippen molar-refractivity contribution in [2.24, 2.45) is 11.7 Å². The zero-order valence-corrected chi connectivity index (χ0v) is 11.6. The van der Waals surface area contributed by atoms with Crippen LogP contribution in [0.2, 0.25) is 0 Å². The Hall–Kier alpha value is -0.650. The number of nitrogens with zero attached hydrogens (tertiary/aromatic N) is 1. The van der Waals surface area contributed by atoms with Crippen LogP contribution >= 0.6 is 0 Å². The molecule has 4 N–H and O–H groups in total. The number of carboxylic acids is 1. The van der Waals surface area contributed by atoms with Gasteiger partial charge in [-0.2, -0.15) is 0 Å². The molecule has 0 amide bonds. The molecular weight excluding hydrogens is 230 g/mol. The highest BCUT2D eigenvalue weighted by atomic mass is 16.4. The van der Waals surface area contributed by atoms with Crippen molar-refractivity contribution in [3.63, 3.8) is 0 Å². The number of likely N-dealkylation sites (tertiary alicyclic amines) is 1. The smallest absolute Gasteiger partial charge is 0.323 e.